The molecule has 1 N–H and O–H groups in total. The largest absolute Gasteiger partial charge is 0.796 e. The number of nitrogens with one attached hydrogen (secondary N) is 1. The molecule has 14 heavy (non-hydrogen) atoms. The van der Waals surface area contributed by atoms with Crippen LogP contribution in [-0.4, -0.2) is 13.2 Å². The van der Waals surface area contributed by atoms with Crippen LogP contribution < -0.4 is 4.65 Å². The summed E-state index contributed by atoms with van der Waals surface area (Å²) in [4.78, 5) is 0. The number of benzene rings is 1. The molecule has 0 aliphatic carbocycles. The Bertz CT molecular complexity index is 359. The molecule has 0 bridgehead atoms. The zero-order valence-electron chi connectivity index (χ0n) is 7.35. The molecule has 0 atom stereocenters. The van der Waals surface area contributed by atoms with E-state index in [1.807, 2.05) is 0 Å². The Labute approximate surface area is 89.1 Å². The summed E-state index contributed by atoms with van der Waals surface area (Å²) in [6.45, 7) is 1.51. The first-order valence-corrected chi connectivity index (χ1v) is 4.60. The summed E-state index contributed by atoms with van der Waals surface area (Å²) < 4.78 is 28.9. The Balaban J connectivity index is 3.08. The molecule has 0 saturated carbocycles. The Morgan fingerprint density at radius 1 is 1.50 bits per heavy atom. The summed E-state index contributed by atoms with van der Waals surface area (Å²) in [5.74, 6) is 0.0238. The van der Waals surface area contributed by atoms with Crippen molar-refractivity contribution in [2.75, 3.05) is 0 Å². The standard InChI is InChI=1S/C8H7BBrF2NO/c1-5(13)7-4-6(10)2-3-8(7)14-9(11)12/h2-4,13H,1H3. The van der Waals surface area contributed by atoms with Gasteiger partial charge in [-0.1, -0.05) is 15.9 Å². The van der Waals surface area contributed by atoms with Gasteiger partial charge in [0.1, 0.15) is 5.75 Å². The minimum Gasteiger partial charge on any atom is -0.505 e. The van der Waals surface area contributed by atoms with Gasteiger partial charge in [-0.05, 0) is 25.1 Å². The smallest absolute Gasteiger partial charge is 0.505 e. The van der Waals surface area contributed by atoms with E-state index in [1.54, 1.807) is 12.1 Å². The van der Waals surface area contributed by atoms with E-state index in [0.29, 0.717) is 5.56 Å². The van der Waals surface area contributed by atoms with Gasteiger partial charge < -0.3 is 10.1 Å². The quantitative estimate of drug-likeness (QED) is 0.658. The van der Waals surface area contributed by atoms with Crippen molar-refractivity contribution in [3.63, 3.8) is 0 Å². The molecule has 1 aromatic carbocycles. The zero-order chi connectivity index (χ0) is 10.7. The van der Waals surface area contributed by atoms with Crippen molar-refractivity contribution in [1.29, 1.82) is 5.41 Å². The van der Waals surface area contributed by atoms with Crippen molar-refractivity contribution in [3.8, 4) is 5.75 Å². The summed E-state index contributed by atoms with van der Waals surface area (Å²) >= 11 is 3.19. The fraction of sp³-hybridized carbons (Fsp3) is 0.125. The Morgan fingerprint density at radius 2 is 2.14 bits per heavy atom. The lowest BCUT2D eigenvalue weighted by atomic mass is 10.1. The molecule has 0 heterocycles. The number of halogens is 3. The summed E-state index contributed by atoms with van der Waals surface area (Å²) in [5.41, 5.74) is 0.543. The first-order chi connectivity index (χ1) is 6.50. The van der Waals surface area contributed by atoms with Gasteiger partial charge in [0.2, 0.25) is 0 Å². The lowest BCUT2D eigenvalue weighted by molar-refractivity contribution is 0.425. The summed E-state index contributed by atoms with van der Waals surface area (Å²) in [7, 11) is -2.87. The van der Waals surface area contributed by atoms with Crippen LogP contribution in [0.15, 0.2) is 22.7 Å². The highest BCUT2D eigenvalue weighted by atomic mass is 79.9. The second-order valence-corrected chi connectivity index (χ2v) is 3.56. The molecule has 0 amide bonds. The van der Waals surface area contributed by atoms with Gasteiger partial charge in [0.25, 0.3) is 0 Å². The highest BCUT2D eigenvalue weighted by Gasteiger charge is 2.20. The highest BCUT2D eigenvalue weighted by Crippen LogP contribution is 2.24. The average molecular weight is 262 g/mol. The zero-order valence-corrected chi connectivity index (χ0v) is 8.94. The van der Waals surface area contributed by atoms with Crippen molar-refractivity contribution >= 4 is 29.1 Å². The minimum absolute atomic E-state index is 0.0238. The number of hydrogen-bond donors (Lipinski definition) is 1. The Morgan fingerprint density at radius 3 is 2.64 bits per heavy atom. The molecule has 0 saturated heterocycles. The van der Waals surface area contributed by atoms with Crippen molar-refractivity contribution < 1.29 is 13.3 Å². The number of rotatable bonds is 3. The fourth-order valence-corrected chi connectivity index (χ4v) is 1.36. The maximum atomic E-state index is 12.0. The normalized spacial score (nSPS) is 9.71. The first-order valence-electron chi connectivity index (χ1n) is 3.80. The average Bonchev–Trinajstić information content (AvgIpc) is 2.07. The predicted octanol–water partition coefficient (Wildman–Crippen LogP) is 3.14. The maximum Gasteiger partial charge on any atom is 0.796 e. The van der Waals surface area contributed by atoms with Gasteiger partial charge >= 0.3 is 7.47 Å². The van der Waals surface area contributed by atoms with E-state index in [9.17, 15) is 8.63 Å². The summed E-state index contributed by atoms with van der Waals surface area (Å²) in [6.07, 6.45) is 0. The molecule has 74 valence electrons. The van der Waals surface area contributed by atoms with Crippen molar-refractivity contribution in [2.45, 2.75) is 6.92 Å². The van der Waals surface area contributed by atoms with E-state index in [2.05, 4.69) is 20.6 Å². The molecular formula is C8H7BBrF2NO. The van der Waals surface area contributed by atoms with Crippen LogP contribution in [0.5, 0.6) is 5.75 Å². The Hall–Kier alpha value is -0.905. The third kappa shape index (κ3) is 2.80. The van der Waals surface area contributed by atoms with E-state index in [4.69, 9.17) is 5.41 Å². The molecule has 0 unspecified atom stereocenters. The van der Waals surface area contributed by atoms with Crippen LogP contribution in [0.2, 0.25) is 0 Å². The summed E-state index contributed by atoms with van der Waals surface area (Å²) in [6, 6.07) is 4.56. The molecule has 2 nitrogen and oxygen atoms in total. The van der Waals surface area contributed by atoms with Gasteiger partial charge in [-0.2, -0.15) is 0 Å². The van der Waals surface area contributed by atoms with Gasteiger partial charge in [-0.25, -0.2) is 8.63 Å². The molecule has 6 heteroatoms. The minimum atomic E-state index is -2.87. The third-order valence-corrected chi connectivity index (χ3v) is 2.05. The second kappa shape index (κ2) is 4.55. The molecule has 1 aromatic rings. The lowest BCUT2D eigenvalue weighted by Gasteiger charge is -2.08. The Kier molecular flexibility index (Phi) is 3.63. The van der Waals surface area contributed by atoms with Crippen molar-refractivity contribution in [1.82, 2.24) is 0 Å². The SMILES string of the molecule is CC(=N)c1cc(Br)ccc1OB(F)F. The van der Waals surface area contributed by atoms with Crippen molar-refractivity contribution in [3.05, 3.63) is 28.2 Å². The van der Waals surface area contributed by atoms with E-state index < -0.39 is 7.47 Å². The van der Waals surface area contributed by atoms with Crippen LogP contribution in [0.4, 0.5) is 8.63 Å². The lowest BCUT2D eigenvalue weighted by Crippen LogP contribution is -2.11. The van der Waals surface area contributed by atoms with Gasteiger partial charge in [0.15, 0.2) is 0 Å². The summed E-state index contributed by atoms with van der Waals surface area (Å²) in [5, 5.41) is 7.37. The van der Waals surface area contributed by atoms with E-state index in [1.165, 1.54) is 13.0 Å². The molecule has 0 fully saturated rings. The molecule has 0 radical (unpaired) electrons. The highest BCUT2D eigenvalue weighted by molar-refractivity contribution is 9.10. The molecule has 0 spiro atoms. The predicted molar refractivity (Wildman–Crippen MR) is 55.2 cm³/mol. The first kappa shape index (κ1) is 11.2. The van der Waals surface area contributed by atoms with Gasteiger partial charge in [0.05, 0.1) is 0 Å². The van der Waals surface area contributed by atoms with Crippen LogP contribution in [0.25, 0.3) is 0 Å². The van der Waals surface area contributed by atoms with E-state index >= 15 is 0 Å². The van der Waals surface area contributed by atoms with Gasteiger partial charge in [-0.15, -0.1) is 0 Å². The van der Waals surface area contributed by atoms with Crippen LogP contribution in [0.3, 0.4) is 0 Å². The molecule has 0 aromatic heterocycles. The van der Waals surface area contributed by atoms with E-state index in [0.717, 1.165) is 4.47 Å². The van der Waals surface area contributed by atoms with E-state index in [-0.39, 0.29) is 11.5 Å². The second-order valence-electron chi connectivity index (χ2n) is 2.64. The van der Waals surface area contributed by atoms with Crippen LogP contribution in [0, 0.1) is 5.41 Å². The van der Waals surface area contributed by atoms with Crippen molar-refractivity contribution in [2.24, 2.45) is 0 Å². The molecule has 1 rings (SSSR count). The molecule has 0 aliphatic heterocycles. The van der Waals surface area contributed by atoms with Crippen LogP contribution >= 0.6 is 15.9 Å². The number of hydrogen-bond acceptors (Lipinski definition) is 2. The molecule has 0 aliphatic rings. The monoisotopic (exact) mass is 261 g/mol. The third-order valence-electron chi connectivity index (χ3n) is 1.56. The molecular weight excluding hydrogens is 255 g/mol. The topological polar surface area (TPSA) is 33.1 Å². The fourth-order valence-electron chi connectivity index (χ4n) is 0.994. The van der Waals surface area contributed by atoms with Crippen LogP contribution in [0.1, 0.15) is 12.5 Å². The van der Waals surface area contributed by atoms with Crippen LogP contribution in [-0.2, 0) is 0 Å². The maximum absolute atomic E-state index is 12.0. The van der Waals surface area contributed by atoms with Gasteiger partial charge in [0, 0.05) is 15.7 Å². The van der Waals surface area contributed by atoms with Gasteiger partial charge in [-0.3, -0.25) is 0 Å².